The lowest BCUT2D eigenvalue weighted by Gasteiger charge is -2.12. The first-order chi connectivity index (χ1) is 13.6. The van der Waals surface area contributed by atoms with Crippen molar-refractivity contribution >= 4 is 33.4 Å². The number of nitrogens with one attached hydrogen (secondary N) is 2. The van der Waals surface area contributed by atoms with E-state index in [1.807, 2.05) is 44.2 Å². The van der Waals surface area contributed by atoms with E-state index in [1.54, 1.807) is 0 Å². The molecule has 1 amide bonds. The molecule has 142 valence electrons. The van der Waals surface area contributed by atoms with Gasteiger partial charge in [0.2, 0.25) is 0 Å². The van der Waals surface area contributed by atoms with Crippen LogP contribution >= 0.6 is 0 Å². The van der Waals surface area contributed by atoms with Crippen LogP contribution in [0.15, 0.2) is 54.6 Å². The highest BCUT2D eigenvalue weighted by atomic mass is 16.5. The summed E-state index contributed by atoms with van der Waals surface area (Å²) >= 11 is 0. The SMILES string of the molecule is CCc1cccc2c1[nH]c1cc(NC(=O)COc3c(C)cccc3C)ccc12. The fraction of sp³-hybridized carbons (Fsp3) is 0.208. The Hall–Kier alpha value is -3.27. The zero-order valence-corrected chi connectivity index (χ0v) is 16.4. The smallest absolute Gasteiger partial charge is 0.262 e. The third kappa shape index (κ3) is 3.33. The van der Waals surface area contributed by atoms with Crippen molar-refractivity contribution < 1.29 is 9.53 Å². The highest BCUT2D eigenvalue weighted by Gasteiger charge is 2.10. The number of H-pyrrole nitrogens is 1. The predicted molar refractivity (Wildman–Crippen MR) is 115 cm³/mol. The number of benzene rings is 3. The number of aromatic amines is 1. The van der Waals surface area contributed by atoms with Gasteiger partial charge in [-0.3, -0.25) is 4.79 Å². The van der Waals surface area contributed by atoms with Gasteiger partial charge in [0.25, 0.3) is 5.91 Å². The number of ether oxygens (including phenoxy) is 1. The van der Waals surface area contributed by atoms with E-state index >= 15 is 0 Å². The summed E-state index contributed by atoms with van der Waals surface area (Å²) in [6.45, 7) is 6.10. The standard InChI is InChI=1S/C24H24N2O2/c1-4-17-9-6-10-20-19-12-11-18(13-21(19)26-23(17)20)25-22(27)14-28-24-15(2)7-5-8-16(24)3/h5-13,26H,4,14H2,1-3H3,(H,25,27). The fourth-order valence-corrected chi connectivity index (χ4v) is 3.72. The Labute approximate surface area is 164 Å². The molecular formula is C24H24N2O2. The molecule has 4 nitrogen and oxygen atoms in total. The molecule has 2 N–H and O–H groups in total. The topological polar surface area (TPSA) is 54.1 Å². The van der Waals surface area contributed by atoms with Crippen LogP contribution in [0.2, 0.25) is 0 Å². The molecule has 4 heteroatoms. The van der Waals surface area contributed by atoms with Gasteiger partial charge in [-0.2, -0.15) is 0 Å². The molecule has 0 aliphatic carbocycles. The van der Waals surface area contributed by atoms with E-state index in [1.165, 1.54) is 16.5 Å². The molecule has 3 aromatic carbocycles. The van der Waals surface area contributed by atoms with Gasteiger partial charge in [-0.15, -0.1) is 0 Å². The van der Waals surface area contributed by atoms with Crippen LogP contribution in [0.25, 0.3) is 21.8 Å². The minimum Gasteiger partial charge on any atom is -0.483 e. The summed E-state index contributed by atoms with van der Waals surface area (Å²) in [4.78, 5) is 15.9. The van der Waals surface area contributed by atoms with Crippen LogP contribution in [0.4, 0.5) is 5.69 Å². The summed E-state index contributed by atoms with van der Waals surface area (Å²) in [6.07, 6.45) is 0.976. The highest BCUT2D eigenvalue weighted by molar-refractivity contribution is 6.09. The largest absolute Gasteiger partial charge is 0.483 e. The highest BCUT2D eigenvalue weighted by Crippen LogP contribution is 2.30. The zero-order valence-electron chi connectivity index (χ0n) is 16.4. The number of hydrogen-bond acceptors (Lipinski definition) is 2. The molecule has 0 aliphatic heterocycles. The molecular weight excluding hydrogens is 348 g/mol. The first-order valence-corrected chi connectivity index (χ1v) is 9.59. The zero-order chi connectivity index (χ0) is 19.7. The number of para-hydroxylation sites is 2. The summed E-state index contributed by atoms with van der Waals surface area (Å²) < 4.78 is 5.75. The van der Waals surface area contributed by atoms with Crippen molar-refractivity contribution in [2.75, 3.05) is 11.9 Å². The van der Waals surface area contributed by atoms with E-state index in [0.717, 1.165) is 39.9 Å². The van der Waals surface area contributed by atoms with Gasteiger partial charge in [0.15, 0.2) is 6.61 Å². The van der Waals surface area contributed by atoms with E-state index < -0.39 is 0 Å². The van der Waals surface area contributed by atoms with Crippen LogP contribution in [0.1, 0.15) is 23.6 Å². The van der Waals surface area contributed by atoms with Crippen molar-refractivity contribution in [1.82, 2.24) is 4.98 Å². The van der Waals surface area contributed by atoms with Crippen LogP contribution in [-0.4, -0.2) is 17.5 Å². The number of carbonyl (C=O) groups excluding carboxylic acids is 1. The van der Waals surface area contributed by atoms with Crippen molar-refractivity contribution in [1.29, 1.82) is 0 Å². The minimum absolute atomic E-state index is 0.0174. The molecule has 0 saturated carbocycles. The summed E-state index contributed by atoms with van der Waals surface area (Å²) in [5, 5.41) is 5.31. The number of aryl methyl sites for hydroxylation is 3. The Morgan fingerprint density at radius 2 is 1.75 bits per heavy atom. The number of amides is 1. The van der Waals surface area contributed by atoms with Crippen molar-refractivity contribution in [3.8, 4) is 5.75 Å². The second kappa shape index (κ2) is 7.39. The van der Waals surface area contributed by atoms with Gasteiger partial charge in [0.05, 0.1) is 0 Å². The van der Waals surface area contributed by atoms with E-state index in [0.29, 0.717) is 0 Å². The van der Waals surface area contributed by atoms with Crippen LogP contribution in [0.5, 0.6) is 5.75 Å². The third-order valence-electron chi connectivity index (χ3n) is 5.14. The number of hydrogen-bond donors (Lipinski definition) is 2. The lowest BCUT2D eigenvalue weighted by atomic mass is 10.1. The van der Waals surface area contributed by atoms with Gasteiger partial charge in [-0.1, -0.05) is 49.4 Å². The Bertz CT molecular complexity index is 1150. The van der Waals surface area contributed by atoms with Gasteiger partial charge >= 0.3 is 0 Å². The van der Waals surface area contributed by atoms with Crippen molar-refractivity contribution in [3.63, 3.8) is 0 Å². The second-order valence-electron chi connectivity index (χ2n) is 7.14. The molecule has 0 saturated heterocycles. The Morgan fingerprint density at radius 3 is 2.50 bits per heavy atom. The molecule has 0 aliphatic rings. The molecule has 1 aromatic heterocycles. The lowest BCUT2D eigenvalue weighted by Crippen LogP contribution is -2.20. The summed E-state index contributed by atoms with van der Waals surface area (Å²) in [5.74, 6) is 0.600. The molecule has 28 heavy (non-hydrogen) atoms. The maximum absolute atomic E-state index is 12.4. The summed E-state index contributed by atoms with van der Waals surface area (Å²) in [7, 11) is 0. The second-order valence-corrected chi connectivity index (χ2v) is 7.14. The first-order valence-electron chi connectivity index (χ1n) is 9.59. The first kappa shape index (κ1) is 18.1. The average molecular weight is 372 g/mol. The number of carbonyl (C=O) groups is 1. The summed E-state index contributed by atoms with van der Waals surface area (Å²) in [6, 6.07) is 18.3. The molecule has 0 atom stereocenters. The van der Waals surface area contributed by atoms with E-state index in [2.05, 4.69) is 41.5 Å². The van der Waals surface area contributed by atoms with Gasteiger partial charge in [-0.05, 0) is 49.1 Å². The van der Waals surface area contributed by atoms with Gasteiger partial charge in [0, 0.05) is 27.5 Å². The molecule has 0 radical (unpaired) electrons. The Kier molecular flexibility index (Phi) is 4.78. The van der Waals surface area contributed by atoms with E-state index in [4.69, 9.17) is 4.74 Å². The monoisotopic (exact) mass is 372 g/mol. The van der Waals surface area contributed by atoms with Gasteiger partial charge in [0.1, 0.15) is 5.75 Å². The fourth-order valence-electron chi connectivity index (χ4n) is 3.72. The molecule has 0 spiro atoms. The van der Waals surface area contributed by atoms with Crippen molar-refractivity contribution in [2.45, 2.75) is 27.2 Å². The van der Waals surface area contributed by atoms with Crippen LogP contribution in [0, 0.1) is 13.8 Å². The molecule has 0 unspecified atom stereocenters. The third-order valence-corrected chi connectivity index (χ3v) is 5.14. The van der Waals surface area contributed by atoms with Crippen molar-refractivity contribution in [2.24, 2.45) is 0 Å². The number of anilines is 1. The molecule has 0 fully saturated rings. The molecule has 4 rings (SSSR count). The van der Waals surface area contributed by atoms with E-state index in [9.17, 15) is 4.79 Å². The normalized spacial score (nSPS) is 11.1. The van der Waals surface area contributed by atoms with Crippen LogP contribution < -0.4 is 10.1 Å². The number of aromatic nitrogens is 1. The summed E-state index contributed by atoms with van der Waals surface area (Å²) in [5.41, 5.74) is 6.29. The maximum Gasteiger partial charge on any atom is 0.262 e. The lowest BCUT2D eigenvalue weighted by molar-refractivity contribution is -0.118. The van der Waals surface area contributed by atoms with Crippen LogP contribution in [-0.2, 0) is 11.2 Å². The van der Waals surface area contributed by atoms with E-state index in [-0.39, 0.29) is 12.5 Å². The van der Waals surface area contributed by atoms with Gasteiger partial charge in [-0.25, -0.2) is 0 Å². The maximum atomic E-state index is 12.4. The van der Waals surface area contributed by atoms with Crippen molar-refractivity contribution in [3.05, 3.63) is 71.3 Å². The molecule has 4 aromatic rings. The number of fused-ring (bicyclic) bond motifs is 3. The molecule has 0 bridgehead atoms. The predicted octanol–water partition coefficient (Wildman–Crippen LogP) is 5.52. The quantitative estimate of drug-likeness (QED) is 0.485. The van der Waals surface area contributed by atoms with Gasteiger partial charge < -0.3 is 15.0 Å². The minimum atomic E-state index is -0.174. The Balaban J connectivity index is 1.53. The Morgan fingerprint density at radius 1 is 1.00 bits per heavy atom. The average Bonchev–Trinajstić information content (AvgIpc) is 3.05. The number of rotatable bonds is 5. The van der Waals surface area contributed by atoms with Crippen LogP contribution in [0.3, 0.4) is 0 Å². The molecule has 1 heterocycles.